The summed E-state index contributed by atoms with van der Waals surface area (Å²) in [5, 5.41) is 0. The van der Waals surface area contributed by atoms with Crippen LogP contribution in [0.1, 0.15) is 15.9 Å². The monoisotopic (exact) mass is 366 g/mol. The molecule has 0 N–H and O–H groups in total. The summed E-state index contributed by atoms with van der Waals surface area (Å²) in [4.78, 5) is 11.0. The zero-order chi connectivity index (χ0) is 16.1. The molecule has 0 atom stereocenters. The van der Waals surface area contributed by atoms with E-state index in [1.165, 1.54) is 0 Å². The van der Waals surface area contributed by atoms with E-state index in [4.69, 9.17) is 4.74 Å². The van der Waals surface area contributed by atoms with Gasteiger partial charge in [-0.3, -0.25) is 4.79 Å². The third-order valence-corrected chi connectivity index (χ3v) is 4.01. The topological polar surface area (TPSA) is 26.3 Å². The van der Waals surface area contributed by atoms with E-state index >= 15 is 0 Å². The van der Waals surface area contributed by atoms with Crippen LogP contribution >= 0.6 is 15.9 Å². The standard InChI is InChI=1S/C20H15BrO2/c21-18-9-10-20(23-14-15-5-2-1-3-6-15)19(12-18)17-8-4-7-16(11-17)13-22/h1-13H,14H2. The van der Waals surface area contributed by atoms with Gasteiger partial charge in [0.25, 0.3) is 0 Å². The Hall–Kier alpha value is -2.39. The molecule has 0 aliphatic rings. The summed E-state index contributed by atoms with van der Waals surface area (Å²) < 4.78 is 6.97. The molecule has 0 aliphatic carbocycles. The number of ether oxygens (including phenoxy) is 1. The van der Waals surface area contributed by atoms with Crippen molar-refractivity contribution in [3.8, 4) is 16.9 Å². The quantitative estimate of drug-likeness (QED) is 0.556. The minimum Gasteiger partial charge on any atom is -0.488 e. The smallest absolute Gasteiger partial charge is 0.150 e. The van der Waals surface area contributed by atoms with Gasteiger partial charge in [-0.15, -0.1) is 0 Å². The number of benzene rings is 3. The number of hydrogen-bond acceptors (Lipinski definition) is 2. The fourth-order valence-corrected chi connectivity index (χ4v) is 2.73. The molecule has 0 heterocycles. The van der Waals surface area contributed by atoms with Gasteiger partial charge in [-0.05, 0) is 35.4 Å². The third-order valence-electron chi connectivity index (χ3n) is 3.51. The summed E-state index contributed by atoms with van der Waals surface area (Å²) in [7, 11) is 0. The Labute approximate surface area is 143 Å². The van der Waals surface area contributed by atoms with Gasteiger partial charge in [0.05, 0.1) is 0 Å². The lowest BCUT2D eigenvalue weighted by Crippen LogP contribution is -1.97. The molecule has 3 aromatic carbocycles. The van der Waals surface area contributed by atoms with Crippen LogP contribution in [0.5, 0.6) is 5.75 Å². The molecule has 2 nitrogen and oxygen atoms in total. The number of hydrogen-bond donors (Lipinski definition) is 0. The predicted octanol–water partition coefficient (Wildman–Crippen LogP) is 5.51. The summed E-state index contributed by atoms with van der Waals surface area (Å²) in [6.45, 7) is 0.503. The van der Waals surface area contributed by atoms with E-state index in [-0.39, 0.29) is 0 Å². The van der Waals surface area contributed by atoms with E-state index in [1.807, 2.05) is 66.7 Å². The molecular formula is C20H15BrO2. The number of aldehydes is 1. The lowest BCUT2D eigenvalue weighted by Gasteiger charge is -2.13. The van der Waals surface area contributed by atoms with Crippen molar-refractivity contribution in [3.05, 3.63) is 88.4 Å². The van der Waals surface area contributed by atoms with Gasteiger partial charge >= 0.3 is 0 Å². The van der Waals surface area contributed by atoms with E-state index in [0.717, 1.165) is 33.2 Å². The van der Waals surface area contributed by atoms with Gasteiger partial charge in [-0.2, -0.15) is 0 Å². The normalized spacial score (nSPS) is 10.3. The van der Waals surface area contributed by atoms with Crippen molar-refractivity contribution < 1.29 is 9.53 Å². The Morgan fingerprint density at radius 3 is 2.52 bits per heavy atom. The molecule has 0 spiro atoms. The summed E-state index contributed by atoms with van der Waals surface area (Å²) in [6.07, 6.45) is 0.853. The second-order valence-corrected chi connectivity index (χ2v) is 6.07. The molecule has 0 aromatic heterocycles. The van der Waals surface area contributed by atoms with Crippen molar-refractivity contribution in [2.24, 2.45) is 0 Å². The van der Waals surface area contributed by atoms with Gasteiger partial charge in [0.15, 0.2) is 0 Å². The molecule has 0 aliphatic heterocycles. The Morgan fingerprint density at radius 2 is 1.74 bits per heavy atom. The molecule has 23 heavy (non-hydrogen) atoms. The van der Waals surface area contributed by atoms with E-state index in [0.29, 0.717) is 12.2 Å². The van der Waals surface area contributed by atoms with Crippen LogP contribution in [0.2, 0.25) is 0 Å². The molecule has 0 fully saturated rings. The van der Waals surface area contributed by atoms with Gasteiger partial charge in [0, 0.05) is 15.6 Å². The highest BCUT2D eigenvalue weighted by atomic mass is 79.9. The van der Waals surface area contributed by atoms with Crippen LogP contribution in [0, 0.1) is 0 Å². The van der Waals surface area contributed by atoms with Crippen LogP contribution in [0.3, 0.4) is 0 Å². The fourth-order valence-electron chi connectivity index (χ4n) is 2.37. The average Bonchev–Trinajstić information content (AvgIpc) is 2.61. The molecule has 0 unspecified atom stereocenters. The maximum Gasteiger partial charge on any atom is 0.150 e. The lowest BCUT2D eigenvalue weighted by atomic mass is 10.0. The van der Waals surface area contributed by atoms with Gasteiger partial charge in [-0.25, -0.2) is 0 Å². The minimum atomic E-state index is 0.503. The third kappa shape index (κ3) is 3.88. The van der Waals surface area contributed by atoms with Crippen molar-refractivity contribution in [2.45, 2.75) is 6.61 Å². The summed E-state index contributed by atoms with van der Waals surface area (Å²) >= 11 is 3.50. The van der Waals surface area contributed by atoms with Crippen LogP contribution in [-0.2, 0) is 6.61 Å². The molecule has 3 heteroatoms. The van der Waals surface area contributed by atoms with Crippen molar-refractivity contribution >= 4 is 22.2 Å². The molecule has 3 rings (SSSR count). The molecule has 0 saturated heterocycles. The lowest BCUT2D eigenvalue weighted by molar-refractivity contribution is 0.112. The van der Waals surface area contributed by atoms with E-state index in [1.54, 1.807) is 6.07 Å². The number of rotatable bonds is 5. The van der Waals surface area contributed by atoms with Crippen LogP contribution in [0.4, 0.5) is 0 Å². The zero-order valence-corrected chi connectivity index (χ0v) is 14.0. The van der Waals surface area contributed by atoms with Gasteiger partial charge < -0.3 is 4.74 Å². The summed E-state index contributed by atoms with van der Waals surface area (Å²) in [5.74, 6) is 0.792. The molecule has 0 saturated carbocycles. The maximum atomic E-state index is 11.0. The Bertz CT molecular complexity index is 813. The molecule has 3 aromatic rings. The second kappa shape index (κ2) is 7.25. The number of carbonyl (C=O) groups is 1. The first-order valence-corrected chi connectivity index (χ1v) is 8.07. The molecule has 114 valence electrons. The Balaban J connectivity index is 1.92. The molecular weight excluding hydrogens is 352 g/mol. The molecule has 0 radical (unpaired) electrons. The van der Waals surface area contributed by atoms with Crippen molar-refractivity contribution in [1.29, 1.82) is 0 Å². The second-order valence-electron chi connectivity index (χ2n) is 5.16. The molecule has 0 amide bonds. The van der Waals surface area contributed by atoms with Gasteiger partial charge in [-0.1, -0.05) is 64.5 Å². The first-order valence-electron chi connectivity index (χ1n) is 7.28. The minimum absolute atomic E-state index is 0.503. The van der Waals surface area contributed by atoms with Gasteiger partial charge in [0.1, 0.15) is 18.6 Å². The average molecular weight is 367 g/mol. The van der Waals surface area contributed by atoms with E-state index < -0.39 is 0 Å². The van der Waals surface area contributed by atoms with Gasteiger partial charge in [0.2, 0.25) is 0 Å². The predicted molar refractivity (Wildman–Crippen MR) is 95.7 cm³/mol. The van der Waals surface area contributed by atoms with Crippen LogP contribution < -0.4 is 4.74 Å². The van der Waals surface area contributed by atoms with Crippen molar-refractivity contribution in [2.75, 3.05) is 0 Å². The van der Waals surface area contributed by atoms with Crippen molar-refractivity contribution in [3.63, 3.8) is 0 Å². The van der Waals surface area contributed by atoms with E-state index in [2.05, 4.69) is 15.9 Å². The Kier molecular flexibility index (Phi) is 4.89. The largest absolute Gasteiger partial charge is 0.488 e. The van der Waals surface area contributed by atoms with Crippen LogP contribution in [0.15, 0.2) is 77.3 Å². The van der Waals surface area contributed by atoms with E-state index in [9.17, 15) is 4.79 Å². The summed E-state index contributed by atoms with van der Waals surface area (Å²) in [5.41, 5.74) is 3.68. The zero-order valence-electron chi connectivity index (χ0n) is 12.4. The highest BCUT2D eigenvalue weighted by molar-refractivity contribution is 9.10. The van der Waals surface area contributed by atoms with Crippen LogP contribution in [-0.4, -0.2) is 6.29 Å². The first kappa shape index (κ1) is 15.5. The van der Waals surface area contributed by atoms with Crippen LogP contribution in [0.25, 0.3) is 11.1 Å². The first-order chi connectivity index (χ1) is 11.3. The maximum absolute atomic E-state index is 11.0. The number of halogens is 1. The number of carbonyl (C=O) groups excluding carboxylic acids is 1. The highest BCUT2D eigenvalue weighted by Gasteiger charge is 2.08. The summed E-state index contributed by atoms with van der Waals surface area (Å²) in [6, 6.07) is 23.4. The fraction of sp³-hybridized carbons (Fsp3) is 0.0500. The highest BCUT2D eigenvalue weighted by Crippen LogP contribution is 2.33. The van der Waals surface area contributed by atoms with Crippen molar-refractivity contribution in [1.82, 2.24) is 0 Å². The molecule has 0 bridgehead atoms. The Morgan fingerprint density at radius 1 is 0.913 bits per heavy atom. The SMILES string of the molecule is O=Cc1cccc(-c2cc(Br)ccc2OCc2ccccc2)c1.